The molecule has 0 aromatic carbocycles. The monoisotopic (exact) mass is 170 g/mol. The lowest BCUT2D eigenvalue weighted by Gasteiger charge is -2.20. The molecule has 0 aliphatic heterocycles. The van der Waals surface area contributed by atoms with E-state index in [-0.39, 0.29) is 0 Å². The Kier molecular flexibility index (Phi) is 4.02. The topological polar surface area (TPSA) is 15.3 Å². The van der Waals surface area contributed by atoms with Crippen molar-refractivity contribution in [3.63, 3.8) is 0 Å². The summed E-state index contributed by atoms with van der Waals surface area (Å²) in [6.07, 6.45) is 2.93. The lowest BCUT2D eigenvalue weighted by Crippen LogP contribution is -2.30. The van der Waals surface area contributed by atoms with Crippen LogP contribution in [0.4, 0.5) is 0 Å². The van der Waals surface area contributed by atoms with E-state index in [9.17, 15) is 0 Å². The zero-order chi connectivity index (χ0) is 8.97. The van der Waals surface area contributed by atoms with Crippen LogP contribution in [0.3, 0.4) is 0 Å². The van der Waals surface area contributed by atoms with Crippen LogP contribution in [-0.2, 0) is 0 Å². The standard InChI is InChI=1S/C10H22N2/c1-9(6-11-2)7-12(3)8-10-4-5-10/h9-11H,4-8H2,1-3H3. The zero-order valence-electron chi connectivity index (χ0n) is 8.64. The molecule has 0 saturated heterocycles. The van der Waals surface area contributed by atoms with Crippen LogP contribution in [0.2, 0.25) is 0 Å². The minimum atomic E-state index is 0.777. The van der Waals surface area contributed by atoms with Gasteiger partial charge in [-0.3, -0.25) is 0 Å². The van der Waals surface area contributed by atoms with Gasteiger partial charge in [-0.05, 0) is 45.3 Å². The molecule has 0 spiro atoms. The van der Waals surface area contributed by atoms with E-state index in [0.717, 1.165) is 18.4 Å². The Balaban J connectivity index is 2.02. The van der Waals surface area contributed by atoms with Gasteiger partial charge in [0.2, 0.25) is 0 Å². The zero-order valence-corrected chi connectivity index (χ0v) is 8.64. The molecule has 1 saturated carbocycles. The second-order valence-electron chi connectivity index (χ2n) is 4.33. The van der Waals surface area contributed by atoms with Gasteiger partial charge in [0.05, 0.1) is 0 Å². The van der Waals surface area contributed by atoms with E-state index in [1.165, 1.54) is 25.9 Å². The van der Waals surface area contributed by atoms with Gasteiger partial charge in [-0.25, -0.2) is 0 Å². The van der Waals surface area contributed by atoms with Crippen molar-refractivity contribution in [1.29, 1.82) is 0 Å². The van der Waals surface area contributed by atoms with Crippen molar-refractivity contribution in [2.75, 3.05) is 33.7 Å². The molecule has 1 atom stereocenters. The van der Waals surface area contributed by atoms with Gasteiger partial charge in [0.1, 0.15) is 0 Å². The number of hydrogen-bond acceptors (Lipinski definition) is 2. The highest BCUT2D eigenvalue weighted by Crippen LogP contribution is 2.29. The molecule has 1 aliphatic carbocycles. The first-order valence-corrected chi connectivity index (χ1v) is 5.05. The Bertz CT molecular complexity index is 121. The van der Waals surface area contributed by atoms with E-state index in [4.69, 9.17) is 0 Å². The molecule has 2 heteroatoms. The molecule has 1 unspecified atom stereocenters. The highest BCUT2D eigenvalue weighted by molar-refractivity contribution is 4.76. The van der Waals surface area contributed by atoms with Gasteiger partial charge in [0.15, 0.2) is 0 Å². The van der Waals surface area contributed by atoms with Gasteiger partial charge in [-0.1, -0.05) is 6.92 Å². The second kappa shape index (κ2) is 4.83. The molecule has 0 amide bonds. The minimum Gasteiger partial charge on any atom is -0.319 e. The molecule has 0 aromatic heterocycles. The Morgan fingerprint density at radius 2 is 2.17 bits per heavy atom. The number of rotatable bonds is 6. The Morgan fingerprint density at radius 3 is 2.67 bits per heavy atom. The Hall–Kier alpha value is -0.0800. The maximum absolute atomic E-state index is 3.22. The molecule has 2 nitrogen and oxygen atoms in total. The van der Waals surface area contributed by atoms with Crippen molar-refractivity contribution in [3.05, 3.63) is 0 Å². The summed E-state index contributed by atoms with van der Waals surface area (Å²) in [5.74, 6) is 1.80. The maximum Gasteiger partial charge on any atom is 0.00162 e. The summed E-state index contributed by atoms with van der Waals surface area (Å²) >= 11 is 0. The summed E-state index contributed by atoms with van der Waals surface area (Å²) < 4.78 is 0. The summed E-state index contributed by atoms with van der Waals surface area (Å²) in [5, 5.41) is 3.22. The summed E-state index contributed by atoms with van der Waals surface area (Å²) in [4.78, 5) is 2.47. The summed E-state index contributed by atoms with van der Waals surface area (Å²) in [6, 6.07) is 0. The van der Waals surface area contributed by atoms with Crippen molar-refractivity contribution < 1.29 is 0 Å². The highest BCUT2D eigenvalue weighted by Gasteiger charge is 2.22. The predicted molar refractivity (Wildman–Crippen MR) is 53.3 cm³/mol. The van der Waals surface area contributed by atoms with E-state index in [0.29, 0.717) is 0 Å². The van der Waals surface area contributed by atoms with Crippen LogP contribution in [-0.4, -0.2) is 38.6 Å². The quantitative estimate of drug-likeness (QED) is 0.644. The molecule has 0 bridgehead atoms. The van der Waals surface area contributed by atoms with Crippen molar-refractivity contribution >= 4 is 0 Å². The normalized spacial score (nSPS) is 20.0. The number of nitrogens with zero attached hydrogens (tertiary/aromatic N) is 1. The van der Waals surface area contributed by atoms with Crippen LogP contribution < -0.4 is 5.32 Å². The van der Waals surface area contributed by atoms with Crippen molar-refractivity contribution in [2.24, 2.45) is 11.8 Å². The molecule has 1 aliphatic rings. The fourth-order valence-electron chi connectivity index (χ4n) is 1.76. The average Bonchev–Trinajstić information content (AvgIpc) is 2.71. The van der Waals surface area contributed by atoms with Crippen molar-refractivity contribution in [2.45, 2.75) is 19.8 Å². The van der Waals surface area contributed by atoms with Gasteiger partial charge in [-0.15, -0.1) is 0 Å². The van der Waals surface area contributed by atoms with Crippen LogP contribution >= 0.6 is 0 Å². The van der Waals surface area contributed by atoms with Crippen LogP contribution in [0.5, 0.6) is 0 Å². The molecule has 1 rings (SSSR count). The average molecular weight is 170 g/mol. The van der Waals surface area contributed by atoms with Crippen LogP contribution in [0.25, 0.3) is 0 Å². The second-order valence-corrected chi connectivity index (χ2v) is 4.33. The molecular weight excluding hydrogens is 148 g/mol. The molecular formula is C10H22N2. The molecule has 0 heterocycles. The minimum absolute atomic E-state index is 0.777. The van der Waals surface area contributed by atoms with Gasteiger partial charge < -0.3 is 10.2 Å². The number of hydrogen-bond donors (Lipinski definition) is 1. The fourth-order valence-corrected chi connectivity index (χ4v) is 1.76. The third-order valence-electron chi connectivity index (χ3n) is 2.44. The molecule has 1 N–H and O–H groups in total. The highest BCUT2D eigenvalue weighted by atomic mass is 15.1. The van der Waals surface area contributed by atoms with Crippen LogP contribution in [0.1, 0.15) is 19.8 Å². The van der Waals surface area contributed by atoms with Crippen LogP contribution in [0, 0.1) is 11.8 Å². The Labute approximate surface area is 76.3 Å². The van der Waals surface area contributed by atoms with E-state index in [1.54, 1.807) is 0 Å². The third kappa shape index (κ3) is 4.07. The molecule has 12 heavy (non-hydrogen) atoms. The smallest absolute Gasteiger partial charge is 0.00162 e. The summed E-state index contributed by atoms with van der Waals surface area (Å²) in [5.41, 5.74) is 0. The van der Waals surface area contributed by atoms with Crippen molar-refractivity contribution in [1.82, 2.24) is 10.2 Å². The lowest BCUT2D eigenvalue weighted by atomic mass is 10.1. The molecule has 0 aromatic rings. The Morgan fingerprint density at radius 1 is 1.50 bits per heavy atom. The number of nitrogens with one attached hydrogen (secondary N) is 1. The van der Waals surface area contributed by atoms with E-state index in [1.807, 2.05) is 7.05 Å². The van der Waals surface area contributed by atoms with E-state index < -0.39 is 0 Å². The van der Waals surface area contributed by atoms with Gasteiger partial charge in [-0.2, -0.15) is 0 Å². The van der Waals surface area contributed by atoms with Gasteiger partial charge >= 0.3 is 0 Å². The van der Waals surface area contributed by atoms with Crippen LogP contribution in [0.15, 0.2) is 0 Å². The predicted octanol–water partition coefficient (Wildman–Crippen LogP) is 1.18. The van der Waals surface area contributed by atoms with Gasteiger partial charge in [0.25, 0.3) is 0 Å². The lowest BCUT2D eigenvalue weighted by molar-refractivity contribution is 0.273. The molecule has 0 radical (unpaired) electrons. The first-order chi connectivity index (χ1) is 5.72. The van der Waals surface area contributed by atoms with E-state index >= 15 is 0 Å². The van der Waals surface area contributed by atoms with E-state index in [2.05, 4.69) is 24.2 Å². The maximum atomic E-state index is 3.22. The summed E-state index contributed by atoms with van der Waals surface area (Å²) in [7, 11) is 4.27. The first kappa shape index (κ1) is 10.0. The SMILES string of the molecule is CNCC(C)CN(C)CC1CC1. The summed E-state index contributed by atoms with van der Waals surface area (Å²) in [6.45, 7) is 5.99. The molecule has 1 fully saturated rings. The molecule has 72 valence electrons. The first-order valence-electron chi connectivity index (χ1n) is 5.05. The van der Waals surface area contributed by atoms with Gasteiger partial charge in [0, 0.05) is 13.1 Å². The third-order valence-corrected chi connectivity index (χ3v) is 2.44. The fraction of sp³-hybridized carbons (Fsp3) is 1.00. The van der Waals surface area contributed by atoms with Crippen molar-refractivity contribution in [3.8, 4) is 0 Å². The largest absolute Gasteiger partial charge is 0.319 e.